The number of hydrazone groups is 1. The number of carbonyl (C=O) groups is 2. The van der Waals surface area contributed by atoms with Gasteiger partial charge < -0.3 is 21.0 Å². The summed E-state index contributed by atoms with van der Waals surface area (Å²) in [5.74, 6) is 10.6. The van der Waals surface area contributed by atoms with Crippen molar-refractivity contribution < 1.29 is 14.0 Å². The molecule has 34 heavy (non-hydrogen) atoms. The largest absolute Gasteiger partial charge is 0.328 e. The van der Waals surface area contributed by atoms with Crippen LogP contribution in [0.5, 0.6) is 0 Å². The van der Waals surface area contributed by atoms with Gasteiger partial charge in [-0.3, -0.25) is 9.80 Å². The first-order chi connectivity index (χ1) is 16.2. The van der Waals surface area contributed by atoms with E-state index >= 15 is 0 Å². The lowest BCUT2D eigenvalue weighted by Gasteiger charge is -2.32. The smallest absolute Gasteiger partial charge is 0.320 e. The van der Waals surface area contributed by atoms with Crippen molar-refractivity contribution in [2.75, 3.05) is 25.5 Å². The fourth-order valence-corrected chi connectivity index (χ4v) is 3.62. The third kappa shape index (κ3) is 5.25. The fraction of sp³-hybridized carbons (Fsp3) is 0.391. The maximum atomic E-state index is 14.8. The van der Waals surface area contributed by atoms with E-state index in [1.165, 1.54) is 17.1 Å². The number of carbonyl (C=O) groups excluding carboxylic acids is 2. The number of fused-ring (bicyclic) bond motifs is 1. The van der Waals surface area contributed by atoms with E-state index in [0.29, 0.717) is 31.7 Å². The van der Waals surface area contributed by atoms with Crippen LogP contribution < -0.4 is 17.0 Å². The van der Waals surface area contributed by atoms with Crippen LogP contribution in [0.15, 0.2) is 35.4 Å². The van der Waals surface area contributed by atoms with Gasteiger partial charge in [0.2, 0.25) is 0 Å². The number of hydrogen-bond donors (Lipinski definition) is 3. The molecular formula is C23H31FN8O2. The Morgan fingerprint density at radius 2 is 2.03 bits per heavy atom. The average molecular weight is 471 g/mol. The number of nitrogens with zero attached hydrogens (tertiary/aromatic N) is 5. The molecule has 2 heterocycles. The summed E-state index contributed by atoms with van der Waals surface area (Å²) in [5, 5.41) is 7.69. The SMILES string of the molecule is CCN(C)C(=O)N1CCc2cc(F)c(C(=O)Nc3cccc(/C(=N/N)N(N)C(C)C)n3)cc2C1. The van der Waals surface area contributed by atoms with E-state index in [4.69, 9.17) is 11.7 Å². The zero-order chi connectivity index (χ0) is 25.0. The molecule has 0 radical (unpaired) electrons. The highest BCUT2D eigenvalue weighted by molar-refractivity contribution is 6.04. The summed E-state index contributed by atoms with van der Waals surface area (Å²) in [6, 6.07) is 7.57. The standard InChI is InChI=1S/C23H31FN8O2/c1-5-30(4)23(34)31-10-9-15-12-18(24)17(11-16(15)13-31)22(33)28-20-8-6-7-19(27-20)21(29-25)32(26)14(2)3/h6-8,11-12,14H,5,9-10,13,25-26H2,1-4H3,(H,27,28,33)/b29-21-. The molecule has 0 saturated carbocycles. The molecule has 5 N–H and O–H groups in total. The maximum Gasteiger partial charge on any atom is 0.320 e. The van der Waals surface area contributed by atoms with E-state index in [1.54, 1.807) is 35.0 Å². The lowest BCUT2D eigenvalue weighted by Crippen LogP contribution is -2.44. The summed E-state index contributed by atoms with van der Waals surface area (Å²) in [5.41, 5.74) is 1.76. The number of hydrazine groups is 1. The number of amides is 3. The van der Waals surface area contributed by atoms with Crippen LogP contribution in [0.1, 0.15) is 48.0 Å². The second-order valence-corrected chi connectivity index (χ2v) is 8.38. The Bertz CT molecular complexity index is 1100. The Balaban J connectivity index is 1.82. The number of halogens is 1. The van der Waals surface area contributed by atoms with Gasteiger partial charge >= 0.3 is 6.03 Å². The van der Waals surface area contributed by atoms with Gasteiger partial charge in [0.25, 0.3) is 5.91 Å². The van der Waals surface area contributed by atoms with Crippen molar-refractivity contribution in [3.8, 4) is 0 Å². The minimum Gasteiger partial charge on any atom is -0.328 e. The molecule has 0 aliphatic carbocycles. The van der Waals surface area contributed by atoms with Crippen LogP contribution >= 0.6 is 0 Å². The maximum absolute atomic E-state index is 14.8. The molecule has 1 aromatic carbocycles. The number of amidine groups is 1. The topological polar surface area (TPSA) is 133 Å². The number of nitrogens with one attached hydrogen (secondary N) is 1. The van der Waals surface area contributed by atoms with Gasteiger partial charge in [-0.2, -0.15) is 5.10 Å². The predicted molar refractivity (Wildman–Crippen MR) is 128 cm³/mol. The number of hydrogen-bond acceptors (Lipinski definition) is 6. The Labute approximate surface area is 198 Å². The Morgan fingerprint density at radius 1 is 1.29 bits per heavy atom. The number of urea groups is 1. The molecule has 0 saturated heterocycles. The van der Waals surface area contributed by atoms with E-state index in [9.17, 15) is 14.0 Å². The second-order valence-electron chi connectivity index (χ2n) is 8.38. The molecule has 11 heteroatoms. The van der Waals surface area contributed by atoms with Crippen molar-refractivity contribution in [3.63, 3.8) is 0 Å². The molecule has 1 aromatic heterocycles. The summed E-state index contributed by atoms with van der Waals surface area (Å²) < 4.78 is 14.8. The second kappa shape index (κ2) is 10.5. The van der Waals surface area contributed by atoms with Crippen molar-refractivity contribution in [3.05, 3.63) is 58.5 Å². The number of aromatic nitrogens is 1. The first-order valence-electron chi connectivity index (χ1n) is 11.1. The monoisotopic (exact) mass is 470 g/mol. The summed E-state index contributed by atoms with van der Waals surface area (Å²) in [7, 11) is 1.73. The average Bonchev–Trinajstić information content (AvgIpc) is 2.82. The van der Waals surface area contributed by atoms with Crippen molar-refractivity contribution in [2.45, 2.75) is 39.8 Å². The predicted octanol–water partition coefficient (Wildman–Crippen LogP) is 2.11. The van der Waals surface area contributed by atoms with E-state index in [1.807, 2.05) is 20.8 Å². The molecule has 2 aromatic rings. The molecule has 10 nitrogen and oxygen atoms in total. The summed E-state index contributed by atoms with van der Waals surface area (Å²) in [4.78, 5) is 33.1. The minimum absolute atomic E-state index is 0.0875. The van der Waals surface area contributed by atoms with E-state index in [2.05, 4.69) is 15.4 Å². The molecular weight excluding hydrogens is 439 g/mol. The molecule has 1 aliphatic rings. The molecule has 182 valence electrons. The first kappa shape index (κ1) is 24.9. The summed E-state index contributed by atoms with van der Waals surface area (Å²) >= 11 is 0. The van der Waals surface area contributed by atoms with Crippen LogP contribution in [-0.4, -0.2) is 63.7 Å². The fourth-order valence-electron chi connectivity index (χ4n) is 3.62. The molecule has 0 fully saturated rings. The number of nitrogens with two attached hydrogens (primary N) is 2. The summed E-state index contributed by atoms with van der Waals surface area (Å²) in [6.45, 7) is 7.02. The normalized spacial score (nSPS) is 13.5. The zero-order valence-electron chi connectivity index (χ0n) is 19.9. The van der Waals surface area contributed by atoms with Crippen LogP contribution in [0.2, 0.25) is 0 Å². The highest BCUT2D eigenvalue weighted by atomic mass is 19.1. The number of anilines is 1. The Hall–Kier alpha value is -3.73. The van der Waals surface area contributed by atoms with E-state index < -0.39 is 11.7 Å². The Kier molecular flexibility index (Phi) is 7.67. The molecule has 0 bridgehead atoms. The highest BCUT2D eigenvalue weighted by Gasteiger charge is 2.25. The molecule has 3 rings (SSSR count). The van der Waals surface area contributed by atoms with Gasteiger partial charge in [-0.1, -0.05) is 6.07 Å². The molecule has 0 spiro atoms. The van der Waals surface area contributed by atoms with E-state index in [0.717, 1.165) is 11.1 Å². The van der Waals surface area contributed by atoms with Crippen LogP contribution in [-0.2, 0) is 13.0 Å². The number of rotatable bonds is 5. The molecule has 0 atom stereocenters. The number of pyridine rings is 1. The van der Waals surface area contributed by atoms with Gasteiger partial charge in [0.1, 0.15) is 17.3 Å². The third-order valence-corrected chi connectivity index (χ3v) is 5.76. The van der Waals surface area contributed by atoms with Crippen molar-refractivity contribution in [1.82, 2.24) is 19.8 Å². The number of benzene rings is 1. The van der Waals surface area contributed by atoms with Crippen LogP contribution in [0, 0.1) is 5.82 Å². The summed E-state index contributed by atoms with van der Waals surface area (Å²) in [6.07, 6.45) is 0.522. The molecule has 3 amide bonds. The van der Waals surface area contributed by atoms with Crippen LogP contribution in [0.3, 0.4) is 0 Å². The van der Waals surface area contributed by atoms with Gasteiger partial charge in [0.05, 0.1) is 5.56 Å². The van der Waals surface area contributed by atoms with Gasteiger partial charge in [-0.15, -0.1) is 0 Å². The van der Waals surface area contributed by atoms with Gasteiger partial charge in [-0.05, 0) is 62.6 Å². The van der Waals surface area contributed by atoms with Gasteiger partial charge in [0.15, 0.2) is 5.84 Å². The minimum atomic E-state index is -0.654. The van der Waals surface area contributed by atoms with Crippen molar-refractivity contribution >= 4 is 23.6 Å². The Morgan fingerprint density at radius 3 is 2.68 bits per heavy atom. The van der Waals surface area contributed by atoms with Gasteiger partial charge in [0, 0.05) is 32.7 Å². The molecule has 1 aliphatic heterocycles. The van der Waals surface area contributed by atoms with Crippen LogP contribution in [0.25, 0.3) is 0 Å². The third-order valence-electron chi connectivity index (χ3n) is 5.76. The van der Waals surface area contributed by atoms with E-state index in [-0.39, 0.29) is 29.3 Å². The molecule has 0 unspecified atom stereocenters. The van der Waals surface area contributed by atoms with Crippen molar-refractivity contribution in [2.24, 2.45) is 16.8 Å². The first-order valence-corrected chi connectivity index (χ1v) is 11.1. The lowest BCUT2D eigenvalue weighted by atomic mass is 9.96. The van der Waals surface area contributed by atoms with Crippen LogP contribution in [0.4, 0.5) is 15.0 Å². The highest BCUT2D eigenvalue weighted by Crippen LogP contribution is 2.24. The van der Waals surface area contributed by atoms with Crippen molar-refractivity contribution in [1.29, 1.82) is 0 Å². The lowest BCUT2D eigenvalue weighted by molar-refractivity contribution is 0.102. The van der Waals surface area contributed by atoms with Gasteiger partial charge in [-0.25, -0.2) is 20.0 Å². The zero-order valence-corrected chi connectivity index (χ0v) is 19.9. The quantitative estimate of drug-likeness (QED) is 0.265.